The highest BCUT2D eigenvalue weighted by Crippen LogP contribution is 2.35. The van der Waals surface area contributed by atoms with Crippen LogP contribution in [0.15, 0.2) is 24.3 Å². The van der Waals surface area contributed by atoms with Crippen LogP contribution in [0.25, 0.3) is 0 Å². The predicted molar refractivity (Wildman–Crippen MR) is 65.1 cm³/mol. The Kier molecular flexibility index (Phi) is 2.46. The second kappa shape index (κ2) is 3.99. The summed E-state index contributed by atoms with van der Waals surface area (Å²) in [5.41, 5.74) is 1.50. The third-order valence-electron chi connectivity index (χ3n) is 3.52. The summed E-state index contributed by atoms with van der Waals surface area (Å²) in [5.74, 6) is 0.913. The van der Waals surface area contributed by atoms with Gasteiger partial charge in [0.1, 0.15) is 0 Å². The van der Waals surface area contributed by atoms with Crippen molar-refractivity contribution >= 4 is 17.4 Å². The number of carbonyl (C=O) groups excluding carboxylic acids is 2. The Balaban J connectivity index is 1.88. The standard InChI is InChI=1S/C14H15NO2/c16-13-7-8-15(14(17)9-10-5-6-10)12-4-2-1-3-11(12)13/h1-4,10H,5-9H2. The van der Waals surface area contributed by atoms with E-state index in [1.165, 1.54) is 12.8 Å². The molecule has 0 unspecified atom stereocenters. The molecule has 1 fully saturated rings. The summed E-state index contributed by atoms with van der Waals surface area (Å²) in [6, 6.07) is 7.42. The third kappa shape index (κ3) is 1.97. The first kappa shape index (κ1) is 10.5. The molecule has 3 nitrogen and oxygen atoms in total. The highest BCUT2D eigenvalue weighted by molar-refractivity contribution is 6.08. The summed E-state index contributed by atoms with van der Waals surface area (Å²) in [6.07, 6.45) is 3.45. The Morgan fingerprint density at radius 2 is 2.06 bits per heavy atom. The molecule has 0 bridgehead atoms. The Morgan fingerprint density at radius 1 is 1.29 bits per heavy atom. The van der Waals surface area contributed by atoms with Gasteiger partial charge in [0.2, 0.25) is 5.91 Å². The number of hydrogen-bond donors (Lipinski definition) is 0. The van der Waals surface area contributed by atoms with Crippen LogP contribution in [0.5, 0.6) is 0 Å². The number of anilines is 1. The lowest BCUT2D eigenvalue weighted by molar-refractivity contribution is -0.118. The number of ketones is 1. The fourth-order valence-electron chi connectivity index (χ4n) is 2.35. The second-order valence-corrected chi connectivity index (χ2v) is 4.88. The largest absolute Gasteiger partial charge is 0.311 e. The molecular formula is C14H15NO2. The quantitative estimate of drug-likeness (QED) is 0.781. The van der Waals surface area contributed by atoms with Gasteiger partial charge >= 0.3 is 0 Å². The molecule has 3 rings (SSSR count). The topological polar surface area (TPSA) is 37.4 Å². The summed E-state index contributed by atoms with van der Waals surface area (Å²) in [4.78, 5) is 25.7. The molecule has 0 radical (unpaired) electrons. The van der Waals surface area contributed by atoms with Gasteiger partial charge in [-0.05, 0) is 30.9 Å². The Labute approximate surface area is 100 Å². The molecule has 1 amide bonds. The van der Waals surface area contributed by atoms with Crippen LogP contribution in [0.2, 0.25) is 0 Å². The number of hydrogen-bond acceptors (Lipinski definition) is 2. The number of carbonyl (C=O) groups is 2. The molecule has 0 N–H and O–H groups in total. The number of nitrogens with zero attached hydrogens (tertiary/aromatic N) is 1. The van der Waals surface area contributed by atoms with Crippen molar-refractivity contribution in [1.29, 1.82) is 0 Å². The van der Waals surface area contributed by atoms with Crippen LogP contribution in [0.3, 0.4) is 0 Å². The average Bonchev–Trinajstić information content (AvgIpc) is 3.14. The number of rotatable bonds is 2. The second-order valence-electron chi connectivity index (χ2n) is 4.88. The van der Waals surface area contributed by atoms with E-state index in [9.17, 15) is 9.59 Å². The molecule has 0 saturated heterocycles. The van der Waals surface area contributed by atoms with Gasteiger partial charge < -0.3 is 4.90 Å². The van der Waals surface area contributed by atoms with Crippen LogP contribution in [-0.2, 0) is 4.79 Å². The van der Waals surface area contributed by atoms with Crippen molar-refractivity contribution in [2.45, 2.75) is 25.7 Å². The number of fused-ring (bicyclic) bond motifs is 1. The first-order valence-electron chi connectivity index (χ1n) is 6.18. The monoisotopic (exact) mass is 229 g/mol. The lowest BCUT2D eigenvalue weighted by Gasteiger charge is -2.28. The minimum atomic E-state index is 0.149. The van der Waals surface area contributed by atoms with Gasteiger partial charge in [-0.3, -0.25) is 9.59 Å². The summed E-state index contributed by atoms with van der Waals surface area (Å²) in [7, 11) is 0. The molecule has 0 aromatic heterocycles. The lowest BCUT2D eigenvalue weighted by atomic mass is 10.00. The van der Waals surface area contributed by atoms with Crippen molar-refractivity contribution in [1.82, 2.24) is 0 Å². The van der Waals surface area contributed by atoms with E-state index in [2.05, 4.69) is 0 Å². The van der Waals surface area contributed by atoms with Gasteiger partial charge in [0, 0.05) is 24.9 Å². The van der Waals surface area contributed by atoms with E-state index in [0.29, 0.717) is 30.9 Å². The van der Waals surface area contributed by atoms with Crippen molar-refractivity contribution < 1.29 is 9.59 Å². The number of para-hydroxylation sites is 1. The molecule has 1 aromatic carbocycles. The van der Waals surface area contributed by atoms with Gasteiger partial charge in [0.05, 0.1) is 5.69 Å². The molecule has 1 aliphatic carbocycles. The van der Waals surface area contributed by atoms with Gasteiger partial charge in [-0.1, -0.05) is 12.1 Å². The third-order valence-corrected chi connectivity index (χ3v) is 3.52. The highest BCUT2D eigenvalue weighted by atomic mass is 16.2. The maximum absolute atomic E-state index is 12.1. The molecule has 3 heteroatoms. The van der Waals surface area contributed by atoms with Crippen molar-refractivity contribution in [3.8, 4) is 0 Å². The molecule has 17 heavy (non-hydrogen) atoms. The van der Waals surface area contributed by atoms with Gasteiger partial charge in [-0.15, -0.1) is 0 Å². The Bertz CT molecular complexity index is 477. The number of benzene rings is 1. The molecule has 1 heterocycles. The lowest BCUT2D eigenvalue weighted by Crippen LogP contribution is -2.37. The van der Waals surface area contributed by atoms with Crippen molar-refractivity contribution in [2.75, 3.05) is 11.4 Å². The van der Waals surface area contributed by atoms with Crippen molar-refractivity contribution in [3.63, 3.8) is 0 Å². The van der Waals surface area contributed by atoms with E-state index >= 15 is 0 Å². The maximum atomic E-state index is 12.1. The van der Waals surface area contributed by atoms with Crippen molar-refractivity contribution in [2.24, 2.45) is 5.92 Å². The van der Waals surface area contributed by atoms with Gasteiger partial charge in [0.15, 0.2) is 5.78 Å². The van der Waals surface area contributed by atoms with Crippen LogP contribution in [0.1, 0.15) is 36.0 Å². The first-order chi connectivity index (χ1) is 8.25. The minimum absolute atomic E-state index is 0.149. The van der Waals surface area contributed by atoms with Crippen LogP contribution >= 0.6 is 0 Å². The van der Waals surface area contributed by atoms with Crippen LogP contribution in [-0.4, -0.2) is 18.2 Å². The van der Waals surface area contributed by atoms with Crippen LogP contribution < -0.4 is 4.90 Å². The first-order valence-corrected chi connectivity index (χ1v) is 6.18. The summed E-state index contributed by atoms with van der Waals surface area (Å²) < 4.78 is 0. The molecule has 0 atom stereocenters. The Hall–Kier alpha value is -1.64. The van der Waals surface area contributed by atoms with E-state index in [-0.39, 0.29) is 11.7 Å². The van der Waals surface area contributed by atoms with E-state index in [1.54, 1.807) is 4.90 Å². The highest BCUT2D eigenvalue weighted by Gasteiger charge is 2.31. The molecule has 1 aliphatic heterocycles. The fraction of sp³-hybridized carbons (Fsp3) is 0.429. The molecular weight excluding hydrogens is 214 g/mol. The number of amides is 1. The summed E-state index contributed by atoms with van der Waals surface area (Å²) in [5, 5.41) is 0. The predicted octanol–water partition coefficient (Wildman–Crippen LogP) is 2.41. The van der Waals surface area contributed by atoms with Crippen molar-refractivity contribution in [3.05, 3.63) is 29.8 Å². The summed E-state index contributed by atoms with van der Waals surface area (Å²) >= 11 is 0. The zero-order valence-corrected chi connectivity index (χ0v) is 9.69. The average molecular weight is 229 g/mol. The van der Waals surface area contributed by atoms with E-state index in [0.717, 1.165) is 5.69 Å². The van der Waals surface area contributed by atoms with Gasteiger partial charge in [-0.25, -0.2) is 0 Å². The molecule has 1 aromatic rings. The number of Topliss-reactive ketones (excluding diaryl/α,β-unsaturated/α-hetero) is 1. The summed E-state index contributed by atoms with van der Waals surface area (Å²) in [6.45, 7) is 0.543. The Morgan fingerprint density at radius 3 is 2.82 bits per heavy atom. The fourth-order valence-corrected chi connectivity index (χ4v) is 2.35. The zero-order chi connectivity index (χ0) is 11.8. The van der Waals surface area contributed by atoms with Crippen LogP contribution in [0, 0.1) is 5.92 Å². The molecule has 1 saturated carbocycles. The van der Waals surface area contributed by atoms with Crippen LogP contribution in [0.4, 0.5) is 5.69 Å². The van der Waals surface area contributed by atoms with Gasteiger partial charge in [0.25, 0.3) is 0 Å². The molecule has 88 valence electrons. The van der Waals surface area contributed by atoms with E-state index in [4.69, 9.17) is 0 Å². The normalized spacial score (nSPS) is 19.1. The van der Waals surface area contributed by atoms with E-state index < -0.39 is 0 Å². The minimum Gasteiger partial charge on any atom is -0.311 e. The SMILES string of the molecule is O=C1CCN(C(=O)CC2CC2)c2ccccc21. The van der Waals surface area contributed by atoms with Gasteiger partial charge in [-0.2, -0.15) is 0 Å². The smallest absolute Gasteiger partial charge is 0.227 e. The molecule has 0 spiro atoms. The maximum Gasteiger partial charge on any atom is 0.227 e. The van der Waals surface area contributed by atoms with E-state index in [1.807, 2.05) is 24.3 Å². The molecule has 2 aliphatic rings. The zero-order valence-electron chi connectivity index (χ0n) is 9.69.